The maximum absolute atomic E-state index is 10.7. The summed E-state index contributed by atoms with van der Waals surface area (Å²) in [6.45, 7) is 8.93. The minimum atomic E-state index is -0.687. The van der Waals surface area contributed by atoms with Gasteiger partial charge in [0.1, 0.15) is 36.6 Å². The average Bonchev–Trinajstić information content (AvgIpc) is 3.19. The topological polar surface area (TPSA) is 101 Å². The quantitative estimate of drug-likeness (QED) is 0.252. The summed E-state index contributed by atoms with van der Waals surface area (Å²) in [7, 11) is 0. The summed E-state index contributed by atoms with van der Waals surface area (Å²) in [6, 6.07) is -0.363. The van der Waals surface area contributed by atoms with E-state index in [1.165, 1.54) is 0 Å². The first kappa shape index (κ1) is 24.7. The monoisotopic (exact) mass is 662 g/mol. The van der Waals surface area contributed by atoms with E-state index < -0.39 is 23.8 Å². The van der Waals surface area contributed by atoms with Crippen molar-refractivity contribution in [3.63, 3.8) is 0 Å². The second-order valence-corrected chi connectivity index (χ2v) is 11.9. The van der Waals surface area contributed by atoms with Gasteiger partial charge in [0.15, 0.2) is 11.6 Å². The van der Waals surface area contributed by atoms with E-state index in [2.05, 4.69) is 55.8 Å². The molecule has 0 aromatic rings. The van der Waals surface area contributed by atoms with Crippen LogP contribution in [0.25, 0.3) is 0 Å². The Bertz CT molecular complexity index is 685. The van der Waals surface area contributed by atoms with Crippen molar-refractivity contribution in [1.29, 1.82) is 0 Å². The molecular weight excluding hydrogens is 630 g/mol. The van der Waals surface area contributed by atoms with Gasteiger partial charge in [-0.05, 0) is 92.4 Å². The zero-order valence-electron chi connectivity index (χ0n) is 18.2. The van der Waals surface area contributed by atoms with Crippen LogP contribution in [-0.4, -0.2) is 83.6 Å². The molecule has 10 heteroatoms. The van der Waals surface area contributed by atoms with Gasteiger partial charge in [-0.15, -0.1) is 0 Å². The van der Waals surface area contributed by atoms with Crippen LogP contribution >= 0.6 is 45.2 Å². The summed E-state index contributed by atoms with van der Waals surface area (Å²) < 4.78 is 25.8. The van der Waals surface area contributed by atoms with E-state index in [1.54, 1.807) is 0 Å². The third kappa shape index (κ3) is 5.33. The lowest BCUT2D eigenvalue weighted by Gasteiger charge is -2.34. The number of fused-ring (bicyclic) bond motifs is 2. The first-order chi connectivity index (χ1) is 14.5. The van der Waals surface area contributed by atoms with Crippen molar-refractivity contribution in [2.75, 3.05) is 13.1 Å². The number of rotatable bonds is 6. The van der Waals surface area contributed by atoms with E-state index in [0.29, 0.717) is 0 Å². The second-order valence-electron chi connectivity index (χ2n) is 9.44. The maximum Gasteiger partial charge on any atom is 0.164 e. The molecule has 4 N–H and O–H groups in total. The molecule has 0 amide bonds. The normalized spacial score (nSPS) is 43.2. The Morgan fingerprint density at radius 2 is 1.16 bits per heavy atom. The zero-order chi connectivity index (χ0) is 22.6. The highest BCUT2D eigenvalue weighted by molar-refractivity contribution is 14.1. The molecule has 8 nitrogen and oxygen atoms in total. The summed E-state index contributed by atoms with van der Waals surface area (Å²) in [4.78, 5) is 0. The van der Waals surface area contributed by atoms with Crippen molar-refractivity contribution in [3.8, 4) is 0 Å². The van der Waals surface area contributed by atoms with Crippen LogP contribution in [0.2, 0.25) is 0 Å². The van der Waals surface area contributed by atoms with Crippen LogP contribution < -0.4 is 10.6 Å². The highest BCUT2D eigenvalue weighted by atomic mass is 127. The predicted molar refractivity (Wildman–Crippen MR) is 132 cm³/mol. The van der Waals surface area contributed by atoms with Gasteiger partial charge in [-0.3, -0.25) is 0 Å². The Hall–Kier alpha value is 0.620. The third-order valence-electron chi connectivity index (χ3n) is 6.00. The molecule has 4 rings (SSSR count). The number of hydrogen-bond donors (Lipinski definition) is 4. The van der Waals surface area contributed by atoms with E-state index in [1.807, 2.05) is 39.8 Å². The highest BCUT2D eigenvalue weighted by Gasteiger charge is 2.51. The Kier molecular flexibility index (Phi) is 7.46. The molecule has 31 heavy (non-hydrogen) atoms. The Morgan fingerprint density at radius 1 is 0.774 bits per heavy atom. The summed E-state index contributed by atoms with van der Waals surface area (Å²) in [5.74, 6) is -1.37. The predicted octanol–water partition coefficient (Wildman–Crippen LogP) is 1.72. The van der Waals surface area contributed by atoms with E-state index >= 15 is 0 Å². The van der Waals surface area contributed by atoms with Crippen LogP contribution in [0.4, 0.5) is 0 Å². The van der Waals surface area contributed by atoms with E-state index in [9.17, 15) is 10.2 Å². The minimum Gasteiger partial charge on any atom is -0.388 e. The molecule has 0 saturated carbocycles. The van der Waals surface area contributed by atoms with Crippen LogP contribution in [0.15, 0.2) is 19.3 Å². The first-order valence-electron chi connectivity index (χ1n) is 10.8. The lowest BCUT2D eigenvalue weighted by atomic mass is 9.94. The summed E-state index contributed by atoms with van der Waals surface area (Å²) in [5.41, 5.74) is 0. The number of aliphatic hydroxyl groups excluding tert-OH is 2. The fraction of sp³-hybridized carbons (Fsp3) is 0.810. The maximum atomic E-state index is 10.7. The van der Waals surface area contributed by atoms with Gasteiger partial charge in [-0.25, -0.2) is 0 Å². The van der Waals surface area contributed by atoms with E-state index in [4.69, 9.17) is 18.9 Å². The number of nitrogens with one attached hydrogen (secondary N) is 2. The van der Waals surface area contributed by atoms with Crippen molar-refractivity contribution in [1.82, 2.24) is 10.6 Å². The van der Waals surface area contributed by atoms with Gasteiger partial charge >= 0.3 is 0 Å². The van der Waals surface area contributed by atoms with Crippen molar-refractivity contribution >= 4 is 45.2 Å². The van der Waals surface area contributed by atoms with Crippen molar-refractivity contribution in [3.05, 3.63) is 19.3 Å². The lowest BCUT2D eigenvalue weighted by molar-refractivity contribution is -0.154. The number of ether oxygens (including phenoxy) is 4. The minimum absolute atomic E-state index is 0.182. The lowest BCUT2D eigenvalue weighted by Crippen LogP contribution is -2.53. The van der Waals surface area contributed by atoms with Crippen LogP contribution in [-0.2, 0) is 18.9 Å². The second kappa shape index (κ2) is 9.34. The average molecular weight is 662 g/mol. The molecule has 2 fully saturated rings. The number of hydrogen-bond acceptors (Lipinski definition) is 8. The van der Waals surface area contributed by atoms with Gasteiger partial charge in [-0.2, -0.15) is 0 Å². The molecule has 2 aliphatic carbocycles. The molecule has 2 heterocycles. The third-order valence-corrected chi connectivity index (χ3v) is 7.95. The standard InChI is InChI=1S/C21H32I2N2O6/c1-20(2)28-16-10(22)8-12(14(26)18(16)30-20)24-6-5-7-25-13-9-11(23)17-19(15(13)27)31-21(3,4)29-17/h8-9,12-19,24-27H,5-7H2,1-4H3/t12-,13-,14+,15+,16+,17+,18-,19-/m0/s1. The van der Waals surface area contributed by atoms with Gasteiger partial charge in [0.25, 0.3) is 0 Å². The Balaban J connectivity index is 1.24. The molecule has 4 aliphatic rings. The van der Waals surface area contributed by atoms with Crippen LogP contribution in [0.5, 0.6) is 0 Å². The smallest absolute Gasteiger partial charge is 0.164 e. The molecule has 0 spiro atoms. The summed E-state index contributed by atoms with van der Waals surface area (Å²) in [6.07, 6.45) is 2.43. The number of halogens is 2. The Labute approximate surface area is 210 Å². The SMILES string of the molecule is CC1(C)O[C@H]2[C@H](O)[C@@H](NCCCN[C@H]3C=C(I)[C@H]4OC(C)(C)O[C@H]4[C@@H]3O)C=C(I)[C@H]2O1. The number of aliphatic hydroxyl groups is 2. The molecule has 8 atom stereocenters. The van der Waals surface area contributed by atoms with Crippen molar-refractivity contribution in [2.24, 2.45) is 0 Å². The molecule has 0 aromatic carbocycles. The highest BCUT2D eigenvalue weighted by Crippen LogP contribution is 2.40. The van der Waals surface area contributed by atoms with Gasteiger partial charge in [0.05, 0.1) is 12.1 Å². The van der Waals surface area contributed by atoms with Gasteiger partial charge < -0.3 is 39.8 Å². The zero-order valence-corrected chi connectivity index (χ0v) is 22.5. The van der Waals surface area contributed by atoms with Gasteiger partial charge in [0, 0.05) is 7.16 Å². The molecule has 0 bridgehead atoms. The molecule has 2 aliphatic heterocycles. The van der Waals surface area contributed by atoms with E-state index in [-0.39, 0.29) is 36.5 Å². The summed E-state index contributed by atoms with van der Waals surface area (Å²) in [5, 5.41) is 28.3. The summed E-state index contributed by atoms with van der Waals surface area (Å²) >= 11 is 4.54. The largest absolute Gasteiger partial charge is 0.388 e. The van der Waals surface area contributed by atoms with Crippen LogP contribution in [0.3, 0.4) is 0 Å². The molecule has 2 saturated heterocycles. The fourth-order valence-electron chi connectivity index (χ4n) is 4.63. The first-order valence-corrected chi connectivity index (χ1v) is 12.9. The van der Waals surface area contributed by atoms with Gasteiger partial charge in [-0.1, -0.05) is 12.2 Å². The van der Waals surface area contributed by atoms with Crippen LogP contribution in [0.1, 0.15) is 34.1 Å². The fourth-order valence-corrected chi connectivity index (χ4v) is 6.37. The van der Waals surface area contributed by atoms with Gasteiger partial charge in [0.2, 0.25) is 0 Å². The molecular formula is C21H32I2N2O6. The van der Waals surface area contributed by atoms with Crippen molar-refractivity contribution in [2.45, 2.75) is 94.4 Å². The van der Waals surface area contributed by atoms with Crippen LogP contribution in [0, 0.1) is 0 Å². The molecule has 0 aromatic heterocycles. The molecule has 0 unspecified atom stereocenters. The molecule has 176 valence electrons. The van der Waals surface area contributed by atoms with Crippen molar-refractivity contribution < 1.29 is 29.2 Å². The van der Waals surface area contributed by atoms with E-state index in [0.717, 1.165) is 26.7 Å². The Morgan fingerprint density at radius 3 is 1.55 bits per heavy atom. The molecule has 0 radical (unpaired) electrons.